The largest absolute Gasteiger partial charge is 0.493 e. The van der Waals surface area contributed by atoms with Crippen LogP contribution in [0.4, 0.5) is 5.69 Å². The third-order valence-corrected chi connectivity index (χ3v) is 8.38. The van der Waals surface area contributed by atoms with Gasteiger partial charge in [-0.15, -0.1) is 0 Å². The molecule has 1 atom stereocenters. The summed E-state index contributed by atoms with van der Waals surface area (Å²) in [5, 5.41) is 0. The molecule has 1 aromatic heterocycles. The number of ether oxygens (including phenoxy) is 4. The summed E-state index contributed by atoms with van der Waals surface area (Å²) in [6.07, 6.45) is 0. The first kappa shape index (κ1) is 27.7. The molecule has 0 bridgehead atoms. The van der Waals surface area contributed by atoms with Crippen molar-refractivity contribution < 1.29 is 28.5 Å². The van der Waals surface area contributed by atoms with Crippen LogP contribution in [0.25, 0.3) is 5.57 Å². The number of fused-ring (bicyclic) bond motifs is 2. The number of halogens is 1. The molecule has 0 saturated carbocycles. The molecule has 2 aliphatic heterocycles. The van der Waals surface area contributed by atoms with Crippen LogP contribution in [-0.2, 0) is 14.3 Å². The highest BCUT2D eigenvalue weighted by atomic mass is 79.9. The van der Waals surface area contributed by atoms with Gasteiger partial charge in [-0.05, 0) is 49.7 Å². The van der Waals surface area contributed by atoms with Gasteiger partial charge in [0.15, 0.2) is 16.3 Å². The van der Waals surface area contributed by atoms with Crippen molar-refractivity contribution in [2.24, 2.45) is 4.99 Å². The van der Waals surface area contributed by atoms with Crippen LogP contribution in [0.15, 0.2) is 55.9 Å². The van der Waals surface area contributed by atoms with E-state index in [1.165, 1.54) is 30.8 Å². The van der Waals surface area contributed by atoms with E-state index in [2.05, 4.69) is 20.9 Å². The Kier molecular flexibility index (Phi) is 7.32. The number of anilines is 1. The maximum Gasteiger partial charge on any atom is 0.338 e. The Balaban J connectivity index is 1.86. The molecule has 0 radical (unpaired) electrons. The molecule has 0 saturated heterocycles. The number of benzene rings is 2. The molecule has 2 aliphatic rings. The van der Waals surface area contributed by atoms with E-state index in [-0.39, 0.29) is 28.2 Å². The predicted molar refractivity (Wildman–Crippen MR) is 153 cm³/mol. The van der Waals surface area contributed by atoms with Gasteiger partial charge in [0.2, 0.25) is 5.75 Å². The molecular weight excluding hydrogens is 602 g/mol. The first-order valence-electron chi connectivity index (χ1n) is 12.3. The van der Waals surface area contributed by atoms with Crippen molar-refractivity contribution in [3.63, 3.8) is 0 Å². The van der Waals surface area contributed by atoms with Crippen LogP contribution < -0.4 is 34.0 Å². The Morgan fingerprint density at radius 3 is 2.35 bits per heavy atom. The van der Waals surface area contributed by atoms with E-state index in [4.69, 9.17) is 18.9 Å². The lowest BCUT2D eigenvalue weighted by Gasteiger charge is -2.26. The second-order valence-electron chi connectivity index (χ2n) is 8.98. The van der Waals surface area contributed by atoms with Gasteiger partial charge in [-0.2, -0.15) is 0 Å². The summed E-state index contributed by atoms with van der Waals surface area (Å²) in [4.78, 5) is 47.4. The van der Waals surface area contributed by atoms with E-state index < -0.39 is 17.6 Å². The van der Waals surface area contributed by atoms with Gasteiger partial charge in [0.1, 0.15) is 4.53 Å². The molecule has 2 aromatic carbocycles. The average molecular weight is 629 g/mol. The Hall–Kier alpha value is -3.90. The standard InChI is InChI=1S/C28H26BrN3O7S/c1-7-39-27(35)20-13(2)30-28-32(22(20)14-10-18(36-4)23(38-6)19(11-14)37-5)26(34)24(40-28)21-16-12-15(29)8-9-17(16)31(3)25(21)33/h8-12,22H,7H2,1-6H3/b24-21-/t22-/m0/s1. The van der Waals surface area contributed by atoms with Crippen molar-refractivity contribution in [1.82, 2.24) is 4.57 Å². The third-order valence-electron chi connectivity index (χ3n) is 6.83. The number of hydrogen-bond donors (Lipinski definition) is 0. The zero-order valence-electron chi connectivity index (χ0n) is 22.7. The van der Waals surface area contributed by atoms with Gasteiger partial charge >= 0.3 is 5.97 Å². The summed E-state index contributed by atoms with van der Waals surface area (Å²) in [6.45, 7) is 3.54. The Bertz CT molecular complexity index is 1760. The molecule has 0 spiro atoms. The minimum Gasteiger partial charge on any atom is -0.493 e. The molecular formula is C28H26BrN3O7S. The van der Waals surface area contributed by atoms with Gasteiger partial charge in [-0.1, -0.05) is 27.3 Å². The number of esters is 1. The summed E-state index contributed by atoms with van der Waals surface area (Å²) in [5.74, 6) is 0.163. The molecule has 208 valence electrons. The number of thiazole rings is 1. The number of hydrogen-bond acceptors (Lipinski definition) is 9. The number of nitrogens with zero attached hydrogens (tertiary/aromatic N) is 3. The maximum atomic E-state index is 14.2. The van der Waals surface area contributed by atoms with Crippen molar-refractivity contribution in [1.29, 1.82) is 0 Å². The molecule has 12 heteroatoms. The highest BCUT2D eigenvalue weighted by molar-refractivity contribution is 9.10. The van der Waals surface area contributed by atoms with E-state index in [1.54, 1.807) is 33.0 Å². The molecule has 0 fully saturated rings. The summed E-state index contributed by atoms with van der Waals surface area (Å²) < 4.78 is 24.4. The fourth-order valence-corrected chi connectivity index (χ4v) is 6.53. The van der Waals surface area contributed by atoms with Crippen LogP contribution in [0.3, 0.4) is 0 Å². The molecule has 0 N–H and O–H groups in total. The number of aromatic nitrogens is 1. The van der Waals surface area contributed by atoms with Crippen LogP contribution in [0.2, 0.25) is 0 Å². The molecule has 1 amide bonds. The molecule has 3 aromatic rings. The summed E-state index contributed by atoms with van der Waals surface area (Å²) >= 11 is 4.57. The third kappa shape index (κ3) is 4.22. The van der Waals surface area contributed by atoms with Gasteiger partial charge in [0.25, 0.3) is 11.5 Å². The predicted octanol–water partition coefficient (Wildman–Crippen LogP) is 2.93. The number of rotatable bonds is 6. The highest BCUT2D eigenvalue weighted by Gasteiger charge is 2.37. The number of allylic oxidation sites excluding steroid dienone is 1. The second kappa shape index (κ2) is 10.6. The first-order chi connectivity index (χ1) is 19.2. The van der Waals surface area contributed by atoms with Crippen LogP contribution in [0.1, 0.15) is 31.0 Å². The second-order valence-corrected chi connectivity index (χ2v) is 10.9. The smallest absolute Gasteiger partial charge is 0.338 e. The number of methoxy groups -OCH3 is 3. The van der Waals surface area contributed by atoms with E-state index in [9.17, 15) is 14.4 Å². The van der Waals surface area contributed by atoms with Gasteiger partial charge < -0.3 is 23.8 Å². The van der Waals surface area contributed by atoms with Crippen LogP contribution in [-0.4, -0.2) is 51.4 Å². The van der Waals surface area contributed by atoms with Crippen molar-refractivity contribution in [3.8, 4) is 17.2 Å². The lowest BCUT2D eigenvalue weighted by atomic mass is 9.95. The van der Waals surface area contributed by atoms with E-state index in [1.807, 2.05) is 18.2 Å². The minimum atomic E-state index is -0.936. The fraction of sp³-hybridized carbons (Fsp3) is 0.286. The minimum absolute atomic E-state index is 0.138. The molecule has 40 heavy (non-hydrogen) atoms. The Morgan fingerprint density at radius 2 is 1.75 bits per heavy atom. The van der Waals surface area contributed by atoms with Crippen molar-refractivity contribution >= 4 is 50.4 Å². The zero-order valence-corrected chi connectivity index (χ0v) is 25.1. The van der Waals surface area contributed by atoms with Crippen molar-refractivity contribution in [2.75, 3.05) is 39.9 Å². The topological polar surface area (TPSA) is 109 Å². The van der Waals surface area contributed by atoms with Gasteiger partial charge in [-0.25, -0.2) is 9.79 Å². The monoisotopic (exact) mass is 627 g/mol. The van der Waals surface area contributed by atoms with E-state index >= 15 is 0 Å². The lowest BCUT2D eigenvalue weighted by Crippen LogP contribution is -2.40. The van der Waals surface area contributed by atoms with Crippen LogP contribution in [0, 0.1) is 0 Å². The highest BCUT2D eigenvalue weighted by Crippen LogP contribution is 2.42. The zero-order chi connectivity index (χ0) is 28.9. The average Bonchev–Trinajstić information content (AvgIpc) is 3.38. The molecule has 0 unspecified atom stereocenters. The molecule has 0 aliphatic carbocycles. The number of carbonyl (C=O) groups is 2. The summed E-state index contributed by atoms with van der Waals surface area (Å²) in [7, 11) is 6.13. The molecule has 5 rings (SSSR count). The normalized spacial score (nSPS) is 17.3. The quantitative estimate of drug-likeness (QED) is 0.387. The maximum absolute atomic E-state index is 14.2. The first-order valence-corrected chi connectivity index (χ1v) is 13.9. The summed E-state index contributed by atoms with van der Waals surface area (Å²) in [5.41, 5.74) is 2.26. The van der Waals surface area contributed by atoms with Crippen molar-refractivity contribution in [2.45, 2.75) is 19.9 Å². The fourth-order valence-electron chi connectivity index (χ4n) is 5.03. The Morgan fingerprint density at radius 1 is 1.07 bits per heavy atom. The van der Waals surface area contributed by atoms with Crippen LogP contribution >= 0.6 is 27.3 Å². The number of likely N-dealkylation sites (N-methyl/N-ethyl adjacent to an activating group) is 1. The summed E-state index contributed by atoms with van der Waals surface area (Å²) in [6, 6.07) is 7.91. The Labute approximate surface area is 241 Å². The number of amides is 1. The lowest BCUT2D eigenvalue weighted by molar-refractivity contribution is -0.139. The van der Waals surface area contributed by atoms with Crippen molar-refractivity contribution in [3.05, 3.63) is 76.9 Å². The van der Waals surface area contributed by atoms with E-state index in [0.717, 1.165) is 15.8 Å². The SMILES string of the molecule is CCOC(=O)C1=C(C)N=c2s/c(=C3\C(=O)N(C)c4ccc(Br)cc43)c(=O)n2[C@H]1c1cc(OC)c(OC)c(OC)c1. The number of carbonyl (C=O) groups excluding carboxylic acids is 2. The molecule has 3 heterocycles. The molecule has 10 nitrogen and oxygen atoms in total. The van der Waals surface area contributed by atoms with E-state index in [0.29, 0.717) is 44.6 Å². The van der Waals surface area contributed by atoms with Gasteiger partial charge in [0, 0.05) is 17.1 Å². The van der Waals surface area contributed by atoms with Gasteiger partial charge in [0.05, 0.1) is 56.5 Å². The van der Waals surface area contributed by atoms with Gasteiger partial charge in [-0.3, -0.25) is 14.2 Å². The van der Waals surface area contributed by atoms with Crippen LogP contribution in [0.5, 0.6) is 17.2 Å².